The minimum absolute atomic E-state index is 0.0695. The van der Waals surface area contributed by atoms with E-state index in [-0.39, 0.29) is 16.4 Å². The lowest BCUT2D eigenvalue weighted by molar-refractivity contribution is -0.384. The summed E-state index contributed by atoms with van der Waals surface area (Å²) in [5.74, 6) is 0.451. The third-order valence-corrected chi connectivity index (χ3v) is 4.08. The molecular weight excluding hydrogens is 330 g/mol. The first kappa shape index (κ1) is 19.2. The van der Waals surface area contributed by atoms with E-state index in [9.17, 15) is 15.2 Å². The fraction of sp³-hybridized carbons (Fsp3) is 0.238. The Labute approximate surface area is 153 Å². The van der Waals surface area contributed by atoms with Crippen LogP contribution >= 0.6 is 0 Å². The van der Waals surface area contributed by atoms with Crippen molar-refractivity contribution in [3.63, 3.8) is 0 Å². The van der Waals surface area contributed by atoms with E-state index >= 15 is 0 Å². The predicted molar refractivity (Wildman–Crippen MR) is 105 cm³/mol. The average Bonchev–Trinajstić information content (AvgIpc) is 2.59. The number of ether oxygens (including phenoxy) is 1. The smallest absolute Gasteiger partial charge is 0.270 e. The molecule has 0 radical (unpaired) electrons. The van der Waals surface area contributed by atoms with Crippen molar-refractivity contribution in [3.05, 3.63) is 74.3 Å². The van der Waals surface area contributed by atoms with Gasteiger partial charge in [-0.1, -0.05) is 29.9 Å². The number of nitro benzene ring substituents is 1. The number of benzene rings is 2. The summed E-state index contributed by atoms with van der Waals surface area (Å²) in [5, 5.41) is 20.9. The highest BCUT2D eigenvalue weighted by atomic mass is 16.6. The summed E-state index contributed by atoms with van der Waals surface area (Å²) in [5.41, 5.74) is 4.85. The van der Waals surface area contributed by atoms with E-state index in [4.69, 9.17) is 4.74 Å². The lowest BCUT2D eigenvalue weighted by Crippen LogP contribution is -1.97. The molecule has 0 saturated carbocycles. The van der Waals surface area contributed by atoms with Crippen LogP contribution in [-0.2, 0) is 6.42 Å². The molecule has 2 aromatic rings. The average molecular weight is 353 g/mol. The van der Waals surface area contributed by atoms with Gasteiger partial charge in [0, 0.05) is 12.1 Å². The van der Waals surface area contributed by atoms with Gasteiger partial charge in [-0.2, -0.15) is 0 Å². The number of aryl methyl sites for hydroxylation is 1. The highest BCUT2D eigenvalue weighted by molar-refractivity contribution is 5.74. The molecular formula is C21H23NO4. The molecule has 0 unspecified atom stereocenters. The maximum absolute atomic E-state index is 11.2. The van der Waals surface area contributed by atoms with Crippen LogP contribution in [0.1, 0.15) is 36.1 Å². The number of aromatic hydroxyl groups is 1. The molecule has 5 heteroatoms. The van der Waals surface area contributed by atoms with Gasteiger partial charge in [0.15, 0.2) is 11.5 Å². The third-order valence-electron chi connectivity index (χ3n) is 4.08. The summed E-state index contributed by atoms with van der Waals surface area (Å²) < 4.78 is 5.12. The second kappa shape index (κ2) is 8.34. The minimum atomic E-state index is -0.376. The van der Waals surface area contributed by atoms with E-state index in [0.29, 0.717) is 12.2 Å². The van der Waals surface area contributed by atoms with Crippen molar-refractivity contribution in [2.45, 2.75) is 27.2 Å². The Balaban J connectivity index is 2.48. The third kappa shape index (κ3) is 4.72. The van der Waals surface area contributed by atoms with E-state index in [0.717, 1.165) is 22.3 Å². The molecule has 1 N–H and O–H groups in total. The summed E-state index contributed by atoms with van der Waals surface area (Å²) in [6.45, 7) is 5.94. The number of methoxy groups -OCH3 is 1. The van der Waals surface area contributed by atoms with Gasteiger partial charge in [0.2, 0.25) is 0 Å². The fourth-order valence-corrected chi connectivity index (χ4v) is 2.65. The molecule has 0 bridgehead atoms. The first-order chi connectivity index (χ1) is 12.3. The second-order valence-corrected chi connectivity index (χ2v) is 6.34. The van der Waals surface area contributed by atoms with Crippen molar-refractivity contribution in [1.82, 2.24) is 0 Å². The number of non-ortho nitro benzene ring substituents is 1. The van der Waals surface area contributed by atoms with Crippen molar-refractivity contribution in [2.24, 2.45) is 0 Å². The Bertz CT molecular complexity index is 878. The number of phenols is 1. The topological polar surface area (TPSA) is 72.6 Å². The van der Waals surface area contributed by atoms with E-state index in [1.54, 1.807) is 30.3 Å². The van der Waals surface area contributed by atoms with Crippen LogP contribution in [0.4, 0.5) is 5.69 Å². The van der Waals surface area contributed by atoms with Crippen molar-refractivity contribution >= 4 is 17.8 Å². The van der Waals surface area contributed by atoms with Crippen molar-refractivity contribution in [3.8, 4) is 11.5 Å². The van der Waals surface area contributed by atoms with Crippen LogP contribution in [0.15, 0.2) is 42.0 Å². The maximum Gasteiger partial charge on any atom is 0.270 e. The summed E-state index contributed by atoms with van der Waals surface area (Å²) in [6, 6.07) is 8.23. The van der Waals surface area contributed by atoms with E-state index in [1.165, 1.54) is 12.7 Å². The van der Waals surface area contributed by atoms with E-state index in [2.05, 4.69) is 6.08 Å². The molecule has 0 aliphatic heterocycles. The quantitative estimate of drug-likeness (QED) is 0.331. The van der Waals surface area contributed by atoms with Gasteiger partial charge in [-0.25, -0.2) is 0 Å². The monoisotopic (exact) mass is 353 g/mol. The minimum Gasteiger partial charge on any atom is -0.504 e. The Morgan fingerprint density at radius 3 is 2.58 bits per heavy atom. The first-order valence-electron chi connectivity index (χ1n) is 8.28. The van der Waals surface area contributed by atoms with Crippen molar-refractivity contribution in [2.75, 3.05) is 7.11 Å². The largest absolute Gasteiger partial charge is 0.504 e. The Morgan fingerprint density at radius 2 is 1.96 bits per heavy atom. The van der Waals surface area contributed by atoms with Gasteiger partial charge >= 0.3 is 0 Å². The van der Waals surface area contributed by atoms with Gasteiger partial charge in [-0.15, -0.1) is 0 Å². The molecule has 0 heterocycles. The Kier molecular flexibility index (Phi) is 6.17. The molecule has 0 saturated heterocycles. The number of hydrogen-bond donors (Lipinski definition) is 1. The van der Waals surface area contributed by atoms with Crippen LogP contribution < -0.4 is 4.74 Å². The lowest BCUT2D eigenvalue weighted by Gasteiger charge is -2.09. The Morgan fingerprint density at radius 1 is 1.23 bits per heavy atom. The number of rotatable bonds is 6. The summed E-state index contributed by atoms with van der Waals surface area (Å²) >= 11 is 0. The molecule has 2 rings (SSSR count). The molecule has 136 valence electrons. The zero-order chi connectivity index (χ0) is 19.3. The van der Waals surface area contributed by atoms with E-state index in [1.807, 2.05) is 32.9 Å². The number of nitrogens with zero attached hydrogens (tertiary/aromatic N) is 1. The van der Waals surface area contributed by atoms with Gasteiger partial charge < -0.3 is 9.84 Å². The van der Waals surface area contributed by atoms with Crippen LogP contribution in [-0.4, -0.2) is 17.1 Å². The predicted octanol–water partition coefficient (Wildman–Crippen LogP) is 5.30. The fourth-order valence-electron chi connectivity index (χ4n) is 2.65. The molecule has 0 aliphatic rings. The van der Waals surface area contributed by atoms with Crippen LogP contribution in [0, 0.1) is 17.0 Å². The molecule has 0 aliphatic carbocycles. The van der Waals surface area contributed by atoms with Gasteiger partial charge in [0.05, 0.1) is 12.0 Å². The molecule has 0 atom stereocenters. The molecule has 5 nitrogen and oxygen atoms in total. The SMILES string of the molecule is COc1cc(/C=C/c2cc([N+](=O)[O-])cc(C)c2CC=C(C)C)ccc1O. The Hall–Kier alpha value is -3.08. The van der Waals surface area contributed by atoms with Gasteiger partial charge in [0.25, 0.3) is 5.69 Å². The van der Waals surface area contributed by atoms with Gasteiger partial charge in [-0.3, -0.25) is 10.1 Å². The molecule has 26 heavy (non-hydrogen) atoms. The van der Waals surface area contributed by atoms with Gasteiger partial charge in [-0.05, 0) is 61.6 Å². The normalized spacial score (nSPS) is 10.8. The number of allylic oxidation sites excluding steroid dienone is 2. The summed E-state index contributed by atoms with van der Waals surface area (Å²) in [7, 11) is 1.49. The first-order valence-corrected chi connectivity index (χ1v) is 8.28. The van der Waals surface area contributed by atoms with Crippen LogP contribution in [0.5, 0.6) is 11.5 Å². The van der Waals surface area contributed by atoms with Gasteiger partial charge in [0.1, 0.15) is 0 Å². The number of phenolic OH excluding ortho intramolecular Hbond substituents is 1. The zero-order valence-corrected chi connectivity index (χ0v) is 15.4. The lowest BCUT2D eigenvalue weighted by atomic mass is 9.96. The maximum atomic E-state index is 11.2. The van der Waals surface area contributed by atoms with E-state index < -0.39 is 0 Å². The van der Waals surface area contributed by atoms with Crippen molar-refractivity contribution < 1.29 is 14.8 Å². The number of nitro groups is 1. The summed E-state index contributed by atoms with van der Waals surface area (Å²) in [6.07, 6.45) is 6.53. The molecule has 2 aromatic carbocycles. The molecule has 0 fully saturated rings. The summed E-state index contributed by atoms with van der Waals surface area (Å²) in [4.78, 5) is 10.8. The van der Waals surface area contributed by atoms with Crippen LogP contribution in [0.2, 0.25) is 0 Å². The van der Waals surface area contributed by atoms with Crippen LogP contribution in [0.25, 0.3) is 12.2 Å². The van der Waals surface area contributed by atoms with Crippen LogP contribution in [0.3, 0.4) is 0 Å². The zero-order valence-electron chi connectivity index (χ0n) is 15.4. The highest BCUT2D eigenvalue weighted by Gasteiger charge is 2.12. The highest BCUT2D eigenvalue weighted by Crippen LogP contribution is 2.29. The number of hydrogen-bond acceptors (Lipinski definition) is 4. The standard InChI is InChI=1S/C21H23NO4/c1-14(2)5-9-19-15(3)11-18(22(24)25)13-17(19)8-6-16-7-10-20(23)21(12-16)26-4/h5-8,10-13,23H,9H2,1-4H3/b8-6+. The van der Waals surface area contributed by atoms with Crippen molar-refractivity contribution in [1.29, 1.82) is 0 Å². The second-order valence-electron chi connectivity index (χ2n) is 6.34. The molecule has 0 amide bonds. The molecule has 0 aromatic heterocycles. The molecule has 0 spiro atoms.